The van der Waals surface area contributed by atoms with Crippen LogP contribution in [0.25, 0.3) is 0 Å². The quantitative estimate of drug-likeness (QED) is 0.672. The molecule has 0 radical (unpaired) electrons. The number of benzene rings is 1. The van der Waals surface area contributed by atoms with Crippen molar-refractivity contribution in [1.82, 2.24) is 4.98 Å². The normalized spacial score (nSPS) is 10.1. The lowest BCUT2D eigenvalue weighted by atomic mass is 10.1. The first kappa shape index (κ1) is 14.4. The predicted molar refractivity (Wildman–Crippen MR) is 78.0 cm³/mol. The molecule has 2 aromatic rings. The highest BCUT2D eigenvalue weighted by atomic mass is 79.9. The van der Waals surface area contributed by atoms with Crippen molar-refractivity contribution in [3.63, 3.8) is 0 Å². The van der Waals surface area contributed by atoms with E-state index in [4.69, 9.17) is 11.6 Å². The van der Waals surface area contributed by atoms with E-state index in [9.17, 15) is 14.9 Å². The second-order valence-corrected chi connectivity index (χ2v) is 5.03. The third kappa shape index (κ3) is 3.12. The Labute approximate surface area is 127 Å². The Hall–Kier alpha value is -1.99. The largest absolute Gasteiger partial charge is 0.306 e. The highest BCUT2D eigenvalue weighted by molar-refractivity contribution is 9.10. The number of nitro groups is 1. The second-order valence-electron chi connectivity index (χ2n) is 3.70. The van der Waals surface area contributed by atoms with Gasteiger partial charge in [-0.25, -0.2) is 4.98 Å². The second kappa shape index (κ2) is 5.98. The number of carbonyl (C=O) groups is 1. The van der Waals surface area contributed by atoms with E-state index in [-0.39, 0.29) is 22.1 Å². The van der Waals surface area contributed by atoms with Crippen LogP contribution in [0.5, 0.6) is 0 Å². The van der Waals surface area contributed by atoms with Gasteiger partial charge in [-0.05, 0) is 18.2 Å². The zero-order valence-electron chi connectivity index (χ0n) is 9.84. The lowest BCUT2D eigenvalue weighted by Gasteiger charge is -2.06. The summed E-state index contributed by atoms with van der Waals surface area (Å²) < 4.78 is 0.719. The first-order valence-corrected chi connectivity index (χ1v) is 6.52. The van der Waals surface area contributed by atoms with Crippen LogP contribution < -0.4 is 5.32 Å². The molecule has 0 unspecified atom stereocenters. The Bertz CT molecular complexity index is 693. The number of nitrogens with zero attached hydrogens (tertiary/aromatic N) is 2. The molecule has 0 spiro atoms. The van der Waals surface area contributed by atoms with E-state index in [1.54, 1.807) is 12.1 Å². The molecule has 1 N–H and O–H groups in total. The van der Waals surface area contributed by atoms with Crippen molar-refractivity contribution in [2.24, 2.45) is 0 Å². The first-order valence-electron chi connectivity index (χ1n) is 5.35. The molecule has 8 heteroatoms. The maximum Gasteiger partial charge on any atom is 0.283 e. The molecule has 1 aromatic carbocycles. The van der Waals surface area contributed by atoms with Gasteiger partial charge in [0.15, 0.2) is 0 Å². The van der Waals surface area contributed by atoms with E-state index in [0.717, 1.165) is 4.47 Å². The number of pyridine rings is 1. The number of rotatable bonds is 3. The van der Waals surface area contributed by atoms with Crippen LogP contribution >= 0.6 is 27.5 Å². The van der Waals surface area contributed by atoms with Gasteiger partial charge in [0.2, 0.25) is 0 Å². The summed E-state index contributed by atoms with van der Waals surface area (Å²) in [6.07, 6.45) is 1.49. The summed E-state index contributed by atoms with van der Waals surface area (Å²) in [5.41, 5.74) is -0.550. The van der Waals surface area contributed by atoms with E-state index in [1.807, 2.05) is 0 Å². The third-order valence-electron chi connectivity index (χ3n) is 2.38. The van der Waals surface area contributed by atoms with Crippen LogP contribution in [0.4, 0.5) is 11.5 Å². The molecule has 1 amide bonds. The van der Waals surface area contributed by atoms with Crippen molar-refractivity contribution in [1.29, 1.82) is 0 Å². The monoisotopic (exact) mass is 355 g/mol. The summed E-state index contributed by atoms with van der Waals surface area (Å²) in [4.78, 5) is 26.3. The Morgan fingerprint density at radius 3 is 2.80 bits per heavy atom. The van der Waals surface area contributed by atoms with Crippen LogP contribution in [0, 0.1) is 10.1 Å². The number of hydrogen-bond acceptors (Lipinski definition) is 4. The fraction of sp³-hybridized carbons (Fsp3) is 0. The van der Waals surface area contributed by atoms with E-state index in [2.05, 4.69) is 26.2 Å². The van der Waals surface area contributed by atoms with Crippen molar-refractivity contribution >= 4 is 44.9 Å². The number of halogens is 2. The molecule has 1 aromatic heterocycles. The van der Waals surface area contributed by atoms with Gasteiger partial charge in [-0.2, -0.15) is 0 Å². The number of anilines is 1. The molecule has 0 aliphatic heterocycles. The van der Waals surface area contributed by atoms with Crippen molar-refractivity contribution in [3.05, 3.63) is 61.7 Å². The van der Waals surface area contributed by atoms with Crippen LogP contribution in [-0.2, 0) is 0 Å². The Morgan fingerprint density at radius 2 is 2.15 bits per heavy atom. The van der Waals surface area contributed by atoms with Gasteiger partial charge in [0.25, 0.3) is 11.6 Å². The molecule has 0 saturated carbocycles. The number of nitro benzene ring substituents is 1. The van der Waals surface area contributed by atoms with Gasteiger partial charge in [0.05, 0.1) is 9.95 Å². The third-order valence-corrected chi connectivity index (χ3v) is 3.19. The van der Waals surface area contributed by atoms with E-state index < -0.39 is 10.8 Å². The number of amides is 1. The van der Waals surface area contributed by atoms with Gasteiger partial charge >= 0.3 is 0 Å². The topological polar surface area (TPSA) is 85.1 Å². The van der Waals surface area contributed by atoms with Crippen LogP contribution in [0.15, 0.2) is 41.0 Å². The van der Waals surface area contributed by atoms with E-state index in [1.165, 1.54) is 24.4 Å². The molecule has 6 nitrogen and oxygen atoms in total. The van der Waals surface area contributed by atoms with Gasteiger partial charge in [0, 0.05) is 16.7 Å². The molecular formula is C12H7BrClN3O3. The highest BCUT2D eigenvalue weighted by Crippen LogP contribution is 2.27. The zero-order chi connectivity index (χ0) is 14.7. The minimum atomic E-state index is -0.687. The van der Waals surface area contributed by atoms with Crippen LogP contribution in [0.1, 0.15) is 10.4 Å². The fourth-order valence-electron chi connectivity index (χ4n) is 1.54. The van der Waals surface area contributed by atoms with Crippen LogP contribution in [0.2, 0.25) is 5.02 Å². The molecule has 0 bridgehead atoms. The summed E-state index contributed by atoms with van der Waals surface area (Å²) in [6, 6.07) is 7.30. The summed E-state index contributed by atoms with van der Waals surface area (Å²) in [6.45, 7) is 0. The van der Waals surface area contributed by atoms with Gasteiger partial charge < -0.3 is 5.32 Å². The molecule has 0 saturated heterocycles. The maximum absolute atomic E-state index is 12.1. The van der Waals surface area contributed by atoms with Crippen molar-refractivity contribution in [3.8, 4) is 0 Å². The average Bonchev–Trinajstić information content (AvgIpc) is 2.38. The Morgan fingerprint density at radius 1 is 1.40 bits per heavy atom. The summed E-state index contributed by atoms with van der Waals surface area (Å²) in [5.74, 6) is -0.425. The average molecular weight is 357 g/mol. The lowest BCUT2D eigenvalue weighted by Crippen LogP contribution is -2.15. The molecule has 0 aliphatic rings. The minimum Gasteiger partial charge on any atom is -0.306 e. The first-order chi connectivity index (χ1) is 9.49. The highest BCUT2D eigenvalue weighted by Gasteiger charge is 2.23. The number of hydrogen-bond donors (Lipinski definition) is 1. The maximum atomic E-state index is 12.1. The van der Waals surface area contributed by atoms with Crippen molar-refractivity contribution in [2.75, 3.05) is 5.32 Å². The van der Waals surface area contributed by atoms with E-state index in [0.29, 0.717) is 0 Å². The number of nitrogens with one attached hydrogen (secondary N) is 1. The van der Waals surface area contributed by atoms with Gasteiger partial charge in [0.1, 0.15) is 11.4 Å². The minimum absolute atomic E-state index is 0.00620. The predicted octanol–water partition coefficient (Wildman–Crippen LogP) is 3.66. The Kier molecular flexibility index (Phi) is 4.31. The van der Waals surface area contributed by atoms with E-state index >= 15 is 0 Å². The van der Waals surface area contributed by atoms with Crippen molar-refractivity contribution in [2.45, 2.75) is 0 Å². The summed E-state index contributed by atoms with van der Waals surface area (Å²) >= 11 is 9.11. The smallest absolute Gasteiger partial charge is 0.283 e. The Balaban J connectivity index is 2.37. The molecule has 0 aliphatic carbocycles. The van der Waals surface area contributed by atoms with Crippen LogP contribution in [-0.4, -0.2) is 15.8 Å². The molecule has 102 valence electrons. The van der Waals surface area contributed by atoms with Gasteiger partial charge in [-0.1, -0.05) is 33.6 Å². The molecule has 0 atom stereocenters. The molecule has 0 fully saturated rings. The van der Waals surface area contributed by atoms with Gasteiger partial charge in [-0.15, -0.1) is 0 Å². The lowest BCUT2D eigenvalue weighted by molar-refractivity contribution is -0.385. The number of carbonyl (C=O) groups excluding carboxylic acids is 1. The fourth-order valence-corrected chi connectivity index (χ4v) is 2.13. The molecular weight excluding hydrogens is 350 g/mol. The summed E-state index contributed by atoms with van der Waals surface area (Å²) in [5, 5.41) is 13.4. The molecule has 1 heterocycles. The zero-order valence-corrected chi connectivity index (χ0v) is 12.2. The molecule has 2 rings (SSSR count). The summed E-state index contributed by atoms with van der Waals surface area (Å²) in [7, 11) is 0. The molecule has 20 heavy (non-hydrogen) atoms. The van der Waals surface area contributed by atoms with Crippen molar-refractivity contribution < 1.29 is 9.72 Å². The van der Waals surface area contributed by atoms with Crippen LogP contribution in [0.3, 0.4) is 0 Å². The number of aromatic nitrogens is 1. The SMILES string of the molecule is O=C(Nc1cc(Br)ccn1)c1c(Cl)cccc1[N+](=O)[O-]. The standard InChI is InChI=1S/C12H7BrClN3O3/c13-7-4-5-15-10(6-7)16-12(18)11-8(14)2-1-3-9(11)17(19)20/h1-6H,(H,15,16,18). The van der Waals surface area contributed by atoms with Gasteiger partial charge in [-0.3, -0.25) is 14.9 Å².